The minimum atomic E-state index is -1.20. The van der Waals surface area contributed by atoms with Crippen molar-refractivity contribution in [3.63, 3.8) is 0 Å². The van der Waals surface area contributed by atoms with Gasteiger partial charge in [0.2, 0.25) is 0 Å². The molecule has 1 N–H and O–H groups in total. The van der Waals surface area contributed by atoms with Crippen LogP contribution in [0.4, 0.5) is 9.18 Å². The van der Waals surface area contributed by atoms with Crippen LogP contribution in [0.15, 0.2) is 18.2 Å². The Bertz CT molecular complexity index is 610. The lowest BCUT2D eigenvalue weighted by atomic mass is 9.84. The van der Waals surface area contributed by atoms with Crippen molar-refractivity contribution in [2.75, 3.05) is 18.5 Å². The summed E-state index contributed by atoms with van der Waals surface area (Å²) in [5.41, 5.74) is -0.799. The molecule has 5 nitrogen and oxygen atoms in total. The molecule has 1 atom stereocenters. The standard InChI is InChI=1S/C14H14BrFN2O3/c15-5-1-6-18-12(19)14(17-13(18)20)4-7-21-11-3-2-9(16)8-10(11)14/h2-3,8H,1,4-7H2,(H,17,20). The zero-order valence-corrected chi connectivity index (χ0v) is 12.8. The predicted molar refractivity (Wildman–Crippen MR) is 76.8 cm³/mol. The van der Waals surface area contributed by atoms with Gasteiger partial charge in [-0.15, -0.1) is 0 Å². The van der Waals surface area contributed by atoms with Crippen LogP contribution >= 0.6 is 15.9 Å². The molecule has 21 heavy (non-hydrogen) atoms. The minimum absolute atomic E-state index is 0.303. The second-order valence-electron chi connectivity index (χ2n) is 5.07. The van der Waals surface area contributed by atoms with Crippen LogP contribution in [0.1, 0.15) is 18.4 Å². The second kappa shape index (κ2) is 5.29. The molecule has 1 saturated heterocycles. The molecule has 1 aromatic carbocycles. The van der Waals surface area contributed by atoms with Gasteiger partial charge in [0, 0.05) is 23.9 Å². The summed E-state index contributed by atoms with van der Waals surface area (Å²) in [5.74, 6) is -0.346. The Hall–Kier alpha value is -1.63. The van der Waals surface area contributed by atoms with Crippen molar-refractivity contribution < 1.29 is 18.7 Å². The monoisotopic (exact) mass is 356 g/mol. The number of alkyl halides is 1. The zero-order valence-electron chi connectivity index (χ0n) is 11.2. The number of imide groups is 1. The minimum Gasteiger partial charge on any atom is -0.493 e. The fraction of sp³-hybridized carbons (Fsp3) is 0.429. The van der Waals surface area contributed by atoms with Gasteiger partial charge in [0.05, 0.1) is 6.61 Å². The summed E-state index contributed by atoms with van der Waals surface area (Å²) in [6, 6.07) is 3.60. The van der Waals surface area contributed by atoms with E-state index in [0.717, 1.165) is 0 Å². The van der Waals surface area contributed by atoms with Gasteiger partial charge in [-0.2, -0.15) is 0 Å². The van der Waals surface area contributed by atoms with E-state index in [1.165, 1.54) is 23.1 Å². The maximum atomic E-state index is 13.6. The number of halogens is 2. The summed E-state index contributed by atoms with van der Waals surface area (Å²) in [4.78, 5) is 26.0. The van der Waals surface area contributed by atoms with Crippen molar-refractivity contribution in [1.82, 2.24) is 10.2 Å². The molecule has 112 valence electrons. The number of nitrogens with zero attached hydrogens (tertiary/aromatic N) is 1. The first-order valence-electron chi connectivity index (χ1n) is 6.71. The van der Waals surface area contributed by atoms with Crippen LogP contribution < -0.4 is 10.1 Å². The third-order valence-electron chi connectivity index (χ3n) is 3.83. The highest BCUT2D eigenvalue weighted by Gasteiger charge is 2.54. The van der Waals surface area contributed by atoms with Gasteiger partial charge in [0.25, 0.3) is 5.91 Å². The third-order valence-corrected chi connectivity index (χ3v) is 4.39. The van der Waals surface area contributed by atoms with Crippen molar-refractivity contribution >= 4 is 27.9 Å². The number of hydrogen-bond acceptors (Lipinski definition) is 3. The van der Waals surface area contributed by atoms with Crippen molar-refractivity contribution in [1.29, 1.82) is 0 Å². The van der Waals surface area contributed by atoms with E-state index in [1.54, 1.807) is 0 Å². The van der Waals surface area contributed by atoms with Crippen LogP contribution in [-0.2, 0) is 10.3 Å². The average molecular weight is 357 g/mol. The molecule has 0 saturated carbocycles. The largest absolute Gasteiger partial charge is 0.493 e. The lowest BCUT2D eigenvalue weighted by Gasteiger charge is -2.33. The Morgan fingerprint density at radius 2 is 2.24 bits per heavy atom. The van der Waals surface area contributed by atoms with Gasteiger partial charge in [0.1, 0.15) is 11.6 Å². The van der Waals surface area contributed by atoms with Crippen molar-refractivity contribution in [2.45, 2.75) is 18.4 Å². The van der Waals surface area contributed by atoms with Gasteiger partial charge in [-0.1, -0.05) is 15.9 Å². The van der Waals surface area contributed by atoms with Gasteiger partial charge < -0.3 is 10.1 Å². The SMILES string of the molecule is O=C1NC2(CCOc3ccc(F)cc32)C(=O)N1CCCBr. The molecule has 1 aromatic rings. The number of hydrogen-bond donors (Lipinski definition) is 1. The first kappa shape index (κ1) is 14.3. The van der Waals surface area contributed by atoms with Crippen LogP contribution in [0.2, 0.25) is 0 Å². The Kier molecular flexibility index (Phi) is 3.61. The Morgan fingerprint density at radius 3 is 3.00 bits per heavy atom. The van der Waals surface area contributed by atoms with E-state index < -0.39 is 17.4 Å². The number of fused-ring (bicyclic) bond motifs is 2. The molecule has 3 rings (SSSR count). The molecular formula is C14H14BrFN2O3. The topological polar surface area (TPSA) is 58.6 Å². The number of rotatable bonds is 3. The summed E-state index contributed by atoms with van der Waals surface area (Å²) < 4.78 is 19.0. The quantitative estimate of drug-likeness (QED) is 0.666. The van der Waals surface area contributed by atoms with Crippen molar-refractivity contribution in [2.24, 2.45) is 0 Å². The van der Waals surface area contributed by atoms with Gasteiger partial charge in [0.15, 0.2) is 5.54 Å². The highest BCUT2D eigenvalue weighted by Crippen LogP contribution is 2.41. The molecule has 1 fully saturated rings. The maximum Gasteiger partial charge on any atom is 0.325 e. The molecule has 2 aliphatic heterocycles. The van der Waals surface area contributed by atoms with Crippen LogP contribution in [-0.4, -0.2) is 35.3 Å². The summed E-state index contributed by atoms with van der Waals surface area (Å²) in [5, 5.41) is 3.44. The summed E-state index contributed by atoms with van der Waals surface area (Å²) >= 11 is 3.28. The van der Waals surface area contributed by atoms with Crippen LogP contribution in [0.5, 0.6) is 5.75 Å². The first-order chi connectivity index (χ1) is 10.1. The van der Waals surface area contributed by atoms with E-state index in [4.69, 9.17) is 4.74 Å². The molecular weight excluding hydrogens is 343 g/mol. The van der Waals surface area contributed by atoms with Crippen LogP contribution in [0.25, 0.3) is 0 Å². The van der Waals surface area contributed by atoms with Crippen LogP contribution in [0.3, 0.4) is 0 Å². The van der Waals surface area contributed by atoms with Crippen molar-refractivity contribution in [3.05, 3.63) is 29.6 Å². The molecule has 0 bridgehead atoms. The van der Waals surface area contributed by atoms with Gasteiger partial charge in [-0.3, -0.25) is 9.69 Å². The highest BCUT2D eigenvalue weighted by molar-refractivity contribution is 9.09. The van der Waals surface area contributed by atoms with E-state index in [0.29, 0.717) is 42.6 Å². The lowest BCUT2D eigenvalue weighted by molar-refractivity contribution is -0.132. The molecule has 0 aromatic heterocycles. The van der Waals surface area contributed by atoms with E-state index in [9.17, 15) is 14.0 Å². The molecule has 1 spiro atoms. The van der Waals surface area contributed by atoms with Crippen LogP contribution in [0, 0.1) is 5.82 Å². The van der Waals surface area contributed by atoms with Gasteiger partial charge in [-0.25, -0.2) is 9.18 Å². The maximum absolute atomic E-state index is 13.6. The van der Waals surface area contributed by atoms with Gasteiger partial charge in [-0.05, 0) is 24.6 Å². The number of carbonyl (C=O) groups is 2. The summed E-state index contributed by atoms with van der Waals surface area (Å²) in [6.07, 6.45) is 0.973. The van der Waals surface area contributed by atoms with Gasteiger partial charge >= 0.3 is 6.03 Å². The average Bonchev–Trinajstić information content (AvgIpc) is 2.70. The lowest BCUT2D eigenvalue weighted by Crippen LogP contribution is -2.47. The third kappa shape index (κ3) is 2.19. The highest BCUT2D eigenvalue weighted by atomic mass is 79.9. The molecule has 2 aliphatic rings. The Labute approximate surface area is 129 Å². The number of carbonyl (C=O) groups excluding carboxylic acids is 2. The molecule has 1 unspecified atom stereocenters. The summed E-state index contributed by atoms with van der Waals surface area (Å²) in [6.45, 7) is 0.639. The predicted octanol–water partition coefficient (Wildman–Crippen LogP) is 2.14. The van der Waals surface area contributed by atoms with E-state index >= 15 is 0 Å². The molecule has 3 amide bonds. The normalized spacial score (nSPS) is 24.0. The number of urea groups is 1. The molecule has 7 heteroatoms. The fourth-order valence-corrected chi connectivity index (χ4v) is 3.06. The number of benzene rings is 1. The first-order valence-corrected chi connectivity index (χ1v) is 7.83. The number of amides is 3. The number of ether oxygens (including phenoxy) is 1. The smallest absolute Gasteiger partial charge is 0.325 e. The zero-order chi connectivity index (χ0) is 15.0. The molecule has 0 aliphatic carbocycles. The Morgan fingerprint density at radius 1 is 1.43 bits per heavy atom. The molecule has 0 radical (unpaired) electrons. The van der Waals surface area contributed by atoms with E-state index in [2.05, 4.69) is 21.2 Å². The summed E-state index contributed by atoms with van der Waals surface area (Å²) in [7, 11) is 0. The van der Waals surface area contributed by atoms with Crippen molar-refractivity contribution in [3.8, 4) is 5.75 Å². The van der Waals surface area contributed by atoms with E-state index in [1.807, 2.05) is 0 Å². The van der Waals surface area contributed by atoms with E-state index in [-0.39, 0.29) is 5.91 Å². The second-order valence-corrected chi connectivity index (χ2v) is 5.87. The molecule has 2 heterocycles. The number of nitrogens with one attached hydrogen (secondary N) is 1. The Balaban J connectivity index is 2.02. The fourth-order valence-electron chi connectivity index (χ4n) is 2.81.